The average Bonchev–Trinajstić information content (AvgIpc) is 3.44. The van der Waals surface area contributed by atoms with E-state index in [9.17, 15) is 9.18 Å². The Hall–Kier alpha value is -4.03. The van der Waals surface area contributed by atoms with Crippen LogP contribution in [0, 0.1) is 12.7 Å². The number of carbonyl (C=O) groups is 1. The topological polar surface area (TPSA) is 102 Å². The highest BCUT2D eigenvalue weighted by molar-refractivity contribution is 5.95. The number of halogens is 1. The van der Waals surface area contributed by atoms with Gasteiger partial charge in [-0.3, -0.25) is 14.1 Å². The van der Waals surface area contributed by atoms with Crippen LogP contribution in [0.1, 0.15) is 28.8 Å². The van der Waals surface area contributed by atoms with Crippen molar-refractivity contribution in [3.05, 3.63) is 53.7 Å². The van der Waals surface area contributed by atoms with Crippen molar-refractivity contribution in [3.63, 3.8) is 0 Å². The molecule has 3 fully saturated rings. The third-order valence-electron chi connectivity index (χ3n) is 8.05. The number of carbonyl (C=O) groups excluding carboxylic acids is 1. The molecule has 0 atom stereocenters. The Morgan fingerprint density at radius 3 is 2.60 bits per heavy atom. The number of imidazole rings is 1. The Labute approximate surface area is 230 Å². The van der Waals surface area contributed by atoms with Crippen molar-refractivity contribution in [2.75, 3.05) is 51.4 Å². The van der Waals surface area contributed by atoms with E-state index in [1.165, 1.54) is 12.1 Å². The molecule has 1 aromatic carbocycles. The molecule has 7 rings (SSSR count). The summed E-state index contributed by atoms with van der Waals surface area (Å²) in [6.45, 7) is 7.14. The van der Waals surface area contributed by atoms with Crippen molar-refractivity contribution in [1.82, 2.24) is 34.6 Å². The molecule has 11 nitrogen and oxygen atoms in total. The number of nitrogens with one attached hydrogen (secondary N) is 1. The van der Waals surface area contributed by atoms with Crippen molar-refractivity contribution in [1.29, 1.82) is 0 Å². The minimum absolute atomic E-state index is 0.000945. The number of pyridine rings is 1. The van der Waals surface area contributed by atoms with Gasteiger partial charge >= 0.3 is 0 Å². The maximum absolute atomic E-state index is 14.7. The van der Waals surface area contributed by atoms with E-state index in [0.717, 1.165) is 75.0 Å². The Morgan fingerprint density at radius 2 is 1.90 bits per heavy atom. The van der Waals surface area contributed by atoms with Crippen LogP contribution < -0.4 is 15.0 Å². The maximum atomic E-state index is 14.7. The molecule has 208 valence electrons. The van der Waals surface area contributed by atoms with Crippen LogP contribution in [0.25, 0.3) is 22.7 Å². The molecular weight excluding hydrogens is 515 g/mol. The average molecular weight is 547 g/mol. The number of amides is 1. The Balaban J connectivity index is 1.19. The second-order valence-corrected chi connectivity index (χ2v) is 10.7. The molecule has 3 aromatic heterocycles. The predicted molar refractivity (Wildman–Crippen MR) is 146 cm³/mol. The van der Waals surface area contributed by atoms with Crippen molar-refractivity contribution in [2.24, 2.45) is 0 Å². The van der Waals surface area contributed by atoms with Gasteiger partial charge in [0.2, 0.25) is 0 Å². The summed E-state index contributed by atoms with van der Waals surface area (Å²) in [6.07, 6.45) is 7.43. The molecule has 1 aliphatic carbocycles. The summed E-state index contributed by atoms with van der Waals surface area (Å²) in [5.74, 6) is -0.191. The number of nitrogens with zero attached hydrogens (tertiary/aromatic N) is 7. The van der Waals surface area contributed by atoms with Gasteiger partial charge in [0, 0.05) is 44.5 Å². The monoisotopic (exact) mass is 546 g/mol. The highest BCUT2D eigenvalue weighted by Crippen LogP contribution is 2.33. The smallest absolute Gasteiger partial charge is 0.254 e. The summed E-state index contributed by atoms with van der Waals surface area (Å²) in [5.41, 5.74) is 4.33. The van der Waals surface area contributed by atoms with E-state index in [0.29, 0.717) is 23.0 Å². The standard InChI is InChI=1S/C28H31FN8O3/c1-17-9-21(29)20(28(38)31-18-3-4-18)10-23(17)37-13-22(32-33-37)24-12-30-27-11-26(39-2)25(14-36(24)27)35-7-5-34(6-8-35)19-15-40-16-19/h9-14,18-19H,3-8,15-16H2,1-2H3,(H,31,38). The highest BCUT2D eigenvalue weighted by Gasteiger charge is 2.30. The van der Waals surface area contributed by atoms with E-state index >= 15 is 0 Å². The molecule has 0 spiro atoms. The normalized spacial score (nSPS) is 18.2. The van der Waals surface area contributed by atoms with Crippen molar-refractivity contribution in [3.8, 4) is 22.8 Å². The van der Waals surface area contributed by atoms with Gasteiger partial charge in [-0.05, 0) is 37.5 Å². The van der Waals surface area contributed by atoms with Gasteiger partial charge in [0.05, 0.1) is 61.4 Å². The summed E-state index contributed by atoms with van der Waals surface area (Å²) >= 11 is 0. The molecule has 1 amide bonds. The van der Waals surface area contributed by atoms with E-state index in [2.05, 4.69) is 30.4 Å². The summed E-state index contributed by atoms with van der Waals surface area (Å²) in [7, 11) is 1.68. The van der Waals surface area contributed by atoms with Gasteiger partial charge in [-0.15, -0.1) is 5.10 Å². The SMILES string of the molecule is COc1cc2ncc(-c3cn(-c4cc(C(=O)NC5CC5)c(F)cc4C)nn3)n2cc1N1CCN(C2COC2)CC1. The lowest BCUT2D eigenvalue weighted by atomic mass is 10.1. The minimum atomic E-state index is -0.551. The quantitative estimate of drug-likeness (QED) is 0.377. The third-order valence-corrected chi connectivity index (χ3v) is 8.05. The first-order chi connectivity index (χ1) is 19.5. The van der Waals surface area contributed by atoms with Gasteiger partial charge in [-0.2, -0.15) is 0 Å². The van der Waals surface area contributed by atoms with Crippen LogP contribution >= 0.6 is 0 Å². The zero-order chi connectivity index (χ0) is 27.4. The molecule has 0 bridgehead atoms. The van der Waals surface area contributed by atoms with Crippen LogP contribution in [0.15, 0.2) is 36.8 Å². The number of benzene rings is 1. The van der Waals surface area contributed by atoms with Crippen LogP contribution in [0.3, 0.4) is 0 Å². The molecule has 12 heteroatoms. The number of ether oxygens (including phenoxy) is 2. The van der Waals surface area contributed by atoms with Gasteiger partial charge in [0.25, 0.3) is 5.91 Å². The van der Waals surface area contributed by atoms with Crippen LogP contribution in [-0.2, 0) is 4.74 Å². The van der Waals surface area contributed by atoms with Gasteiger partial charge in [0.15, 0.2) is 0 Å². The molecule has 4 aromatic rings. The molecule has 40 heavy (non-hydrogen) atoms. The lowest BCUT2D eigenvalue weighted by Crippen LogP contribution is -2.56. The van der Waals surface area contributed by atoms with E-state index in [4.69, 9.17) is 9.47 Å². The fraction of sp³-hybridized carbons (Fsp3) is 0.429. The molecule has 2 saturated heterocycles. The van der Waals surface area contributed by atoms with Crippen molar-refractivity contribution in [2.45, 2.75) is 31.8 Å². The van der Waals surface area contributed by atoms with Crippen LogP contribution in [0.4, 0.5) is 10.1 Å². The molecule has 2 aliphatic heterocycles. The first-order valence-electron chi connectivity index (χ1n) is 13.6. The number of anilines is 1. The number of methoxy groups -OCH3 is 1. The number of piperazine rings is 1. The van der Waals surface area contributed by atoms with Gasteiger partial charge < -0.3 is 19.7 Å². The number of hydrogen-bond acceptors (Lipinski definition) is 8. The Bertz CT molecular complexity index is 1580. The van der Waals surface area contributed by atoms with E-state index in [1.807, 2.05) is 16.7 Å². The summed E-state index contributed by atoms with van der Waals surface area (Å²) in [4.78, 5) is 22.0. The number of fused-ring (bicyclic) bond motifs is 1. The van der Waals surface area contributed by atoms with Gasteiger partial charge in [-0.25, -0.2) is 14.1 Å². The zero-order valence-electron chi connectivity index (χ0n) is 22.5. The summed E-state index contributed by atoms with van der Waals surface area (Å²) in [6, 6.07) is 5.50. The van der Waals surface area contributed by atoms with Crippen molar-refractivity contribution < 1.29 is 18.7 Å². The Kier molecular flexibility index (Phi) is 6.16. The first kappa shape index (κ1) is 25.0. The fourth-order valence-corrected chi connectivity index (χ4v) is 5.42. The van der Waals surface area contributed by atoms with Gasteiger partial charge in [-0.1, -0.05) is 5.21 Å². The molecule has 0 radical (unpaired) electrons. The largest absolute Gasteiger partial charge is 0.494 e. The first-order valence-corrected chi connectivity index (χ1v) is 13.6. The fourth-order valence-electron chi connectivity index (χ4n) is 5.42. The highest BCUT2D eigenvalue weighted by atomic mass is 19.1. The summed E-state index contributed by atoms with van der Waals surface area (Å²) < 4.78 is 29.3. The lowest BCUT2D eigenvalue weighted by Gasteiger charge is -2.43. The number of hydrogen-bond donors (Lipinski definition) is 1. The molecule has 1 N–H and O–H groups in total. The summed E-state index contributed by atoms with van der Waals surface area (Å²) in [5, 5.41) is 11.6. The van der Waals surface area contributed by atoms with Crippen LogP contribution in [0.2, 0.25) is 0 Å². The predicted octanol–water partition coefficient (Wildman–Crippen LogP) is 2.45. The van der Waals surface area contributed by atoms with Gasteiger partial charge in [0.1, 0.15) is 22.9 Å². The van der Waals surface area contributed by atoms with E-state index in [1.54, 1.807) is 31.1 Å². The van der Waals surface area contributed by atoms with E-state index < -0.39 is 11.7 Å². The van der Waals surface area contributed by atoms with Crippen molar-refractivity contribution >= 4 is 17.2 Å². The molecule has 1 saturated carbocycles. The second-order valence-electron chi connectivity index (χ2n) is 10.7. The molecular formula is C28H31FN8O3. The second kappa shape index (κ2) is 9.86. The third kappa shape index (κ3) is 4.46. The van der Waals surface area contributed by atoms with Crippen LogP contribution in [-0.4, -0.2) is 93.8 Å². The molecule has 5 heterocycles. The maximum Gasteiger partial charge on any atom is 0.254 e. The van der Waals surface area contributed by atoms with E-state index in [-0.39, 0.29) is 11.6 Å². The molecule has 0 unspecified atom stereocenters. The number of rotatable bonds is 7. The Morgan fingerprint density at radius 1 is 1.10 bits per heavy atom. The number of aromatic nitrogens is 5. The zero-order valence-corrected chi connectivity index (χ0v) is 22.5. The lowest BCUT2D eigenvalue weighted by molar-refractivity contribution is -0.0660. The minimum Gasteiger partial charge on any atom is -0.494 e. The number of aryl methyl sites for hydroxylation is 1. The van der Waals surface area contributed by atoms with Crippen LogP contribution in [0.5, 0.6) is 5.75 Å². The molecule has 3 aliphatic rings.